The molecule has 2 aromatic rings. The average molecular weight is 440 g/mol. The van der Waals surface area contributed by atoms with E-state index in [0.717, 1.165) is 34.4 Å². The molecule has 6 nitrogen and oxygen atoms in total. The molecule has 0 unspecified atom stereocenters. The number of fused-ring (bicyclic) bond motifs is 1. The molecule has 2 aromatic carbocycles. The van der Waals surface area contributed by atoms with Crippen LogP contribution in [0.5, 0.6) is 0 Å². The van der Waals surface area contributed by atoms with Gasteiger partial charge in [0.1, 0.15) is 5.57 Å². The number of barbiturate groups is 1. The number of urea groups is 1. The SMILES string of the molecule is CCN1CCc2cc(/C=C3/C(=O)NC(=O)N(c4ccc(Br)cc4)C3=O)ccc21. The maximum Gasteiger partial charge on any atom is 0.335 e. The highest BCUT2D eigenvalue weighted by atomic mass is 79.9. The lowest BCUT2D eigenvalue weighted by molar-refractivity contribution is -0.122. The van der Waals surface area contributed by atoms with E-state index in [1.807, 2.05) is 18.2 Å². The van der Waals surface area contributed by atoms with Crippen molar-refractivity contribution in [3.63, 3.8) is 0 Å². The van der Waals surface area contributed by atoms with Crippen LogP contribution in [-0.4, -0.2) is 30.9 Å². The monoisotopic (exact) mass is 439 g/mol. The number of benzene rings is 2. The van der Waals surface area contributed by atoms with Crippen LogP contribution < -0.4 is 15.1 Å². The molecule has 7 heteroatoms. The van der Waals surface area contributed by atoms with Crippen molar-refractivity contribution in [2.45, 2.75) is 13.3 Å². The summed E-state index contributed by atoms with van der Waals surface area (Å²) in [6.45, 7) is 4.03. The normalized spacial score (nSPS) is 17.9. The summed E-state index contributed by atoms with van der Waals surface area (Å²) < 4.78 is 0.826. The van der Waals surface area contributed by atoms with E-state index in [0.29, 0.717) is 5.69 Å². The first-order valence-corrected chi connectivity index (χ1v) is 9.82. The van der Waals surface area contributed by atoms with Crippen molar-refractivity contribution < 1.29 is 14.4 Å². The predicted octanol–water partition coefficient (Wildman–Crippen LogP) is 3.50. The number of anilines is 2. The van der Waals surface area contributed by atoms with Crippen LogP contribution in [0.3, 0.4) is 0 Å². The number of likely N-dealkylation sites (N-methyl/N-ethyl adjacent to an activating group) is 1. The zero-order valence-corrected chi connectivity index (χ0v) is 16.8. The Morgan fingerprint density at radius 3 is 2.57 bits per heavy atom. The molecule has 28 heavy (non-hydrogen) atoms. The zero-order chi connectivity index (χ0) is 19.8. The highest BCUT2D eigenvalue weighted by molar-refractivity contribution is 9.10. The summed E-state index contributed by atoms with van der Waals surface area (Å²) >= 11 is 3.33. The van der Waals surface area contributed by atoms with Gasteiger partial charge in [0, 0.05) is 23.2 Å². The van der Waals surface area contributed by atoms with Crippen LogP contribution in [0, 0.1) is 0 Å². The first kappa shape index (κ1) is 18.4. The second-order valence-electron chi connectivity index (χ2n) is 6.65. The molecular weight excluding hydrogens is 422 g/mol. The van der Waals surface area contributed by atoms with Crippen LogP contribution in [0.4, 0.5) is 16.2 Å². The molecule has 0 saturated carbocycles. The Morgan fingerprint density at radius 1 is 1.11 bits per heavy atom. The number of hydrogen-bond donors (Lipinski definition) is 1. The van der Waals surface area contributed by atoms with Gasteiger partial charge in [-0.1, -0.05) is 22.0 Å². The van der Waals surface area contributed by atoms with Gasteiger partial charge in [-0.3, -0.25) is 14.9 Å². The van der Waals surface area contributed by atoms with E-state index in [2.05, 4.69) is 33.1 Å². The maximum absolute atomic E-state index is 12.9. The number of nitrogens with one attached hydrogen (secondary N) is 1. The molecule has 142 valence electrons. The maximum atomic E-state index is 12.9. The zero-order valence-electron chi connectivity index (χ0n) is 15.2. The summed E-state index contributed by atoms with van der Waals surface area (Å²) in [6, 6.07) is 11.9. The Kier molecular flexibility index (Phi) is 4.77. The van der Waals surface area contributed by atoms with Crippen LogP contribution in [0.15, 0.2) is 52.5 Å². The van der Waals surface area contributed by atoms with Crippen molar-refractivity contribution in [1.29, 1.82) is 0 Å². The summed E-state index contributed by atoms with van der Waals surface area (Å²) in [4.78, 5) is 40.8. The van der Waals surface area contributed by atoms with Crippen LogP contribution >= 0.6 is 15.9 Å². The predicted molar refractivity (Wildman–Crippen MR) is 111 cm³/mol. The minimum absolute atomic E-state index is 0.0622. The Bertz CT molecular complexity index is 1010. The van der Waals surface area contributed by atoms with E-state index in [1.54, 1.807) is 30.3 Å². The lowest BCUT2D eigenvalue weighted by Gasteiger charge is -2.26. The molecular formula is C21H18BrN3O3. The highest BCUT2D eigenvalue weighted by Crippen LogP contribution is 2.30. The van der Waals surface area contributed by atoms with Crippen molar-refractivity contribution in [1.82, 2.24) is 5.32 Å². The second kappa shape index (κ2) is 7.24. The molecule has 4 amide bonds. The summed E-state index contributed by atoms with van der Waals surface area (Å²) in [5.74, 6) is -1.31. The smallest absolute Gasteiger partial charge is 0.335 e. The Morgan fingerprint density at radius 2 is 1.86 bits per heavy atom. The van der Waals surface area contributed by atoms with Crippen LogP contribution in [0.1, 0.15) is 18.1 Å². The molecule has 0 radical (unpaired) electrons. The van der Waals surface area contributed by atoms with E-state index in [9.17, 15) is 14.4 Å². The third-order valence-corrected chi connectivity index (χ3v) is 5.50. The van der Waals surface area contributed by atoms with Gasteiger partial charge in [0.05, 0.1) is 5.69 Å². The average Bonchev–Trinajstić information content (AvgIpc) is 3.09. The van der Waals surface area contributed by atoms with Gasteiger partial charge in [0.25, 0.3) is 11.8 Å². The number of carbonyl (C=O) groups excluding carboxylic acids is 3. The van der Waals surface area contributed by atoms with Crippen LogP contribution in [-0.2, 0) is 16.0 Å². The minimum Gasteiger partial charge on any atom is -0.371 e. The van der Waals surface area contributed by atoms with E-state index >= 15 is 0 Å². The number of halogens is 1. The fourth-order valence-electron chi connectivity index (χ4n) is 3.56. The molecule has 4 rings (SSSR count). The highest BCUT2D eigenvalue weighted by Gasteiger charge is 2.36. The molecule has 2 heterocycles. The number of rotatable bonds is 3. The van der Waals surface area contributed by atoms with Crippen LogP contribution in [0.25, 0.3) is 6.08 Å². The topological polar surface area (TPSA) is 69.7 Å². The van der Waals surface area contributed by atoms with Crippen molar-refractivity contribution >= 4 is 51.2 Å². The van der Waals surface area contributed by atoms with Crippen LogP contribution in [0.2, 0.25) is 0 Å². The van der Waals surface area contributed by atoms with Crippen molar-refractivity contribution in [2.75, 3.05) is 22.9 Å². The van der Waals surface area contributed by atoms with Gasteiger partial charge in [-0.2, -0.15) is 0 Å². The number of nitrogens with zero attached hydrogens (tertiary/aromatic N) is 2. The molecule has 1 fully saturated rings. The number of hydrogen-bond acceptors (Lipinski definition) is 4. The summed E-state index contributed by atoms with van der Waals surface area (Å²) in [7, 11) is 0. The molecule has 0 atom stereocenters. The molecule has 0 spiro atoms. The molecule has 1 N–H and O–H groups in total. The van der Waals surface area contributed by atoms with E-state index in [1.165, 1.54) is 11.3 Å². The van der Waals surface area contributed by atoms with Crippen molar-refractivity contribution in [3.8, 4) is 0 Å². The molecule has 2 aliphatic heterocycles. The Hall–Kier alpha value is -2.93. The minimum atomic E-state index is -0.748. The van der Waals surface area contributed by atoms with Crippen molar-refractivity contribution in [2.24, 2.45) is 0 Å². The molecule has 0 aromatic heterocycles. The van der Waals surface area contributed by atoms with Gasteiger partial charge in [0.2, 0.25) is 0 Å². The molecule has 1 saturated heterocycles. The van der Waals surface area contributed by atoms with Gasteiger partial charge in [0.15, 0.2) is 0 Å². The number of carbonyl (C=O) groups is 3. The van der Waals surface area contributed by atoms with Gasteiger partial charge in [-0.25, -0.2) is 9.69 Å². The first-order chi connectivity index (χ1) is 13.5. The largest absolute Gasteiger partial charge is 0.371 e. The second-order valence-corrected chi connectivity index (χ2v) is 7.57. The van der Waals surface area contributed by atoms with E-state index in [4.69, 9.17) is 0 Å². The first-order valence-electron chi connectivity index (χ1n) is 9.03. The van der Waals surface area contributed by atoms with Gasteiger partial charge < -0.3 is 4.90 Å². The summed E-state index contributed by atoms with van der Waals surface area (Å²) in [5.41, 5.74) is 3.49. The fraction of sp³-hybridized carbons (Fsp3) is 0.190. The fourth-order valence-corrected chi connectivity index (χ4v) is 3.82. The van der Waals surface area contributed by atoms with Gasteiger partial charge >= 0.3 is 6.03 Å². The Labute approximate surface area is 170 Å². The Balaban J connectivity index is 1.68. The van der Waals surface area contributed by atoms with E-state index in [-0.39, 0.29) is 5.57 Å². The quantitative estimate of drug-likeness (QED) is 0.586. The van der Waals surface area contributed by atoms with Gasteiger partial charge in [-0.15, -0.1) is 0 Å². The van der Waals surface area contributed by atoms with Gasteiger partial charge in [-0.05, 0) is 66.9 Å². The summed E-state index contributed by atoms with van der Waals surface area (Å²) in [5, 5.41) is 2.25. The number of amides is 4. The molecule has 2 aliphatic rings. The lowest BCUT2D eigenvalue weighted by atomic mass is 10.0. The third kappa shape index (κ3) is 3.22. The number of imide groups is 2. The molecule has 0 aliphatic carbocycles. The van der Waals surface area contributed by atoms with Crippen molar-refractivity contribution in [3.05, 3.63) is 63.6 Å². The molecule has 0 bridgehead atoms. The standard InChI is InChI=1S/C21H18BrN3O3/c1-2-24-10-9-14-11-13(3-8-18(14)24)12-17-19(26)23-21(28)25(20(17)27)16-6-4-15(22)5-7-16/h3-8,11-12H,2,9-10H2,1H3,(H,23,26,28)/b17-12-. The third-order valence-electron chi connectivity index (χ3n) is 4.97. The summed E-state index contributed by atoms with van der Waals surface area (Å²) in [6.07, 6.45) is 2.48. The van der Waals surface area contributed by atoms with E-state index < -0.39 is 17.8 Å². The lowest BCUT2D eigenvalue weighted by Crippen LogP contribution is -2.54.